The highest BCUT2D eigenvalue weighted by Crippen LogP contribution is 2.31. The van der Waals surface area contributed by atoms with Gasteiger partial charge >= 0.3 is 5.97 Å². The molecule has 2 N–H and O–H groups in total. The minimum Gasteiger partial charge on any atom is -0.476 e. The average Bonchev–Trinajstić information content (AvgIpc) is 3.01. The van der Waals surface area contributed by atoms with Gasteiger partial charge in [-0.3, -0.25) is 4.79 Å². The Bertz CT molecular complexity index is 537. The Morgan fingerprint density at radius 1 is 1.39 bits per heavy atom. The molecule has 0 bridgehead atoms. The molecule has 1 aromatic heterocycles. The van der Waals surface area contributed by atoms with E-state index in [4.69, 9.17) is 9.84 Å². The summed E-state index contributed by atoms with van der Waals surface area (Å²) in [5.41, 5.74) is -0.439. The van der Waals surface area contributed by atoms with E-state index < -0.39 is 5.97 Å². The number of hydrogen-bond donors (Lipinski definition) is 2. The second-order valence-electron chi connectivity index (χ2n) is 5.98. The van der Waals surface area contributed by atoms with Gasteiger partial charge in [0, 0.05) is 13.2 Å². The molecular weight excluding hydrogens is 300 g/mol. The summed E-state index contributed by atoms with van der Waals surface area (Å²) in [6, 6.07) is 0. The Labute approximate surface area is 135 Å². The fourth-order valence-electron chi connectivity index (χ4n) is 2.82. The molecule has 1 amide bonds. The molecule has 0 aliphatic heterocycles. The number of nitrogens with one attached hydrogen (secondary N) is 1. The zero-order valence-corrected chi connectivity index (χ0v) is 13.5. The lowest BCUT2D eigenvalue weighted by molar-refractivity contribution is -0.125. The van der Waals surface area contributed by atoms with Gasteiger partial charge in [-0.05, 0) is 19.3 Å². The van der Waals surface area contributed by atoms with Crippen molar-refractivity contribution < 1.29 is 19.4 Å². The van der Waals surface area contributed by atoms with Crippen LogP contribution in [0.1, 0.15) is 55.9 Å². The summed E-state index contributed by atoms with van der Waals surface area (Å²) < 4.78 is 7.25. The summed E-state index contributed by atoms with van der Waals surface area (Å²) >= 11 is 0. The monoisotopic (exact) mass is 324 g/mol. The minimum atomic E-state index is -1.16. The van der Waals surface area contributed by atoms with Crippen molar-refractivity contribution in [2.24, 2.45) is 0 Å². The highest BCUT2D eigenvalue weighted by molar-refractivity contribution is 5.84. The van der Waals surface area contributed by atoms with Gasteiger partial charge in [-0.25, -0.2) is 9.48 Å². The van der Waals surface area contributed by atoms with E-state index in [1.807, 2.05) is 0 Å². The quantitative estimate of drug-likeness (QED) is 0.745. The normalized spacial score (nSPS) is 16.9. The zero-order valence-electron chi connectivity index (χ0n) is 13.5. The topological polar surface area (TPSA) is 106 Å². The number of nitrogens with zero attached hydrogens (tertiary/aromatic N) is 3. The van der Waals surface area contributed by atoms with Crippen LogP contribution in [-0.2, 0) is 16.1 Å². The Morgan fingerprint density at radius 3 is 2.74 bits per heavy atom. The van der Waals surface area contributed by atoms with Crippen molar-refractivity contribution in [1.82, 2.24) is 20.3 Å². The second kappa shape index (κ2) is 8.05. The summed E-state index contributed by atoms with van der Waals surface area (Å²) in [6.07, 6.45) is 7.55. The van der Waals surface area contributed by atoms with Gasteiger partial charge in [0.25, 0.3) is 0 Å². The first-order valence-electron chi connectivity index (χ1n) is 8.09. The molecule has 1 heterocycles. The second-order valence-corrected chi connectivity index (χ2v) is 5.98. The number of carboxylic acids is 1. The Kier molecular flexibility index (Phi) is 6.09. The molecule has 128 valence electrons. The van der Waals surface area contributed by atoms with Gasteiger partial charge in [-0.15, -0.1) is 5.10 Å². The van der Waals surface area contributed by atoms with Crippen molar-refractivity contribution >= 4 is 11.9 Å². The van der Waals surface area contributed by atoms with Crippen LogP contribution in [0.2, 0.25) is 0 Å². The van der Waals surface area contributed by atoms with E-state index in [9.17, 15) is 9.59 Å². The van der Waals surface area contributed by atoms with Crippen molar-refractivity contribution in [3.63, 3.8) is 0 Å². The molecular formula is C15H24N4O4. The molecule has 1 aliphatic rings. The molecule has 1 saturated carbocycles. The van der Waals surface area contributed by atoms with E-state index in [0.717, 1.165) is 32.1 Å². The lowest BCUT2D eigenvalue weighted by atomic mass is 9.84. The lowest BCUT2D eigenvalue weighted by Crippen LogP contribution is -2.47. The first kappa shape index (κ1) is 17.4. The van der Waals surface area contributed by atoms with Crippen molar-refractivity contribution in [1.29, 1.82) is 0 Å². The number of carbonyl (C=O) groups is 2. The van der Waals surface area contributed by atoms with Gasteiger partial charge in [0.05, 0.1) is 11.8 Å². The zero-order chi connectivity index (χ0) is 16.7. The van der Waals surface area contributed by atoms with Crippen LogP contribution in [-0.4, -0.2) is 50.7 Å². The van der Waals surface area contributed by atoms with Crippen molar-refractivity contribution in [2.75, 3.05) is 13.2 Å². The minimum absolute atomic E-state index is 0.0515. The predicted molar refractivity (Wildman–Crippen MR) is 82.1 cm³/mol. The van der Waals surface area contributed by atoms with Crippen molar-refractivity contribution in [3.8, 4) is 0 Å². The summed E-state index contributed by atoms with van der Waals surface area (Å²) in [4.78, 5) is 22.8. The first-order chi connectivity index (χ1) is 11.0. The van der Waals surface area contributed by atoms with Crippen LogP contribution >= 0.6 is 0 Å². The molecule has 1 aliphatic carbocycles. The third kappa shape index (κ3) is 5.02. The summed E-state index contributed by atoms with van der Waals surface area (Å²) in [5.74, 6) is -1.39. The number of hydrogen-bond acceptors (Lipinski definition) is 5. The van der Waals surface area contributed by atoms with Gasteiger partial charge in [0.1, 0.15) is 6.54 Å². The van der Waals surface area contributed by atoms with Crippen molar-refractivity contribution in [3.05, 3.63) is 11.9 Å². The fourth-order valence-corrected chi connectivity index (χ4v) is 2.82. The number of amides is 1. The lowest BCUT2D eigenvalue weighted by Gasteiger charge is -2.37. The van der Waals surface area contributed by atoms with Gasteiger partial charge in [-0.1, -0.05) is 31.4 Å². The number of carbonyl (C=O) groups excluding carboxylic acids is 1. The van der Waals surface area contributed by atoms with Crippen LogP contribution in [0.25, 0.3) is 0 Å². The fraction of sp³-hybridized carbons (Fsp3) is 0.733. The van der Waals surface area contributed by atoms with Gasteiger partial charge in [0.15, 0.2) is 5.69 Å². The average molecular weight is 324 g/mol. The van der Waals surface area contributed by atoms with E-state index in [-0.39, 0.29) is 23.7 Å². The number of rotatable bonds is 8. The van der Waals surface area contributed by atoms with E-state index in [1.165, 1.54) is 17.3 Å². The Balaban J connectivity index is 1.86. The number of ether oxygens (including phenoxy) is 1. The Hall–Kier alpha value is -1.96. The maximum atomic E-state index is 12.0. The van der Waals surface area contributed by atoms with E-state index >= 15 is 0 Å². The van der Waals surface area contributed by atoms with E-state index in [2.05, 4.69) is 22.6 Å². The van der Waals surface area contributed by atoms with Gasteiger partial charge < -0.3 is 15.2 Å². The molecule has 2 rings (SSSR count). The third-order valence-corrected chi connectivity index (χ3v) is 4.05. The van der Waals surface area contributed by atoms with E-state index in [1.54, 1.807) is 0 Å². The maximum Gasteiger partial charge on any atom is 0.358 e. The van der Waals surface area contributed by atoms with Crippen LogP contribution < -0.4 is 5.32 Å². The van der Waals surface area contributed by atoms with E-state index in [0.29, 0.717) is 13.2 Å². The molecule has 0 unspecified atom stereocenters. The number of aromatic nitrogens is 3. The van der Waals surface area contributed by atoms with Gasteiger partial charge in [-0.2, -0.15) is 0 Å². The summed E-state index contributed by atoms with van der Waals surface area (Å²) in [7, 11) is 0. The molecule has 0 spiro atoms. The molecule has 0 aromatic carbocycles. The molecule has 0 atom stereocenters. The molecule has 8 nitrogen and oxygen atoms in total. The molecule has 0 radical (unpaired) electrons. The molecule has 1 fully saturated rings. The standard InChI is InChI=1S/C15H24N4O4/c1-2-8-23-15(6-4-3-5-7-15)11-16-13(20)10-19-9-12(14(21)22)17-18-19/h9H,2-8,10-11H2,1H3,(H,16,20)(H,21,22). The van der Waals surface area contributed by atoms with Crippen LogP contribution in [0.5, 0.6) is 0 Å². The largest absolute Gasteiger partial charge is 0.476 e. The SMILES string of the molecule is CCCOC1(CNC(=O)Cn2cc(C(=O)O)nn2)CCCCC1. The molecule has 0 saturated heterocycles. The smallest absolute Gasteiger partial charge is 0.358 e. The van der Waals surface area contributed by atoms with Crippen molar-refractivity contribution in [2.45, 2.75) is 57.6 Å². The molecule has 1 aromatic rings. The van der Waals surface area contributed by atoms with Crippen LogP contribution in [0.4, 0.5) is 0 Å². The molecule has 23 heavy (non-hydrogen) atoms. The number of carboxylic acid groups (broad SMARTS) is 1. The molecule has 8 heteroatoms. The highest BCUT2D eigenvalue weighted by Gasteiger charge is 2.33. The maximum absolute atomic E-state index is 12.0. The number of aromatic carboxylic acids is 1. The predicted octanol–water partition coefficient (Wildman–Crippen LogP) is 1.22. The third-order valence-electron chi connectivity index (χ3n) is 4.05. The Morgan fingerprint density at radius 2 is 2.13 bits per heavy atom. The van der Waals surface area contributed by atoms with Crippen LogP contribution in [0, 0.1) is 0 Å². The van der Waals surface area contributed by atoms with Gasteiger partial charge in [0.2, 0.25) is 5.91 Å². The van der Waals surface area contributed by atoms with Crippen LogP contribution in [0.15, 0.2) is 6.20 Å². The summed E-state index contributed by atoms with van der Waals surface area (Å²) in [5, 5.41) is 18.8. The van der Waals surface area contributed by atoms with Crippen LogP contribution in [0.3, 0.4) is 0 Å². The summed E-state index contributed by atoms with van der Waals surface area (Å²) in [6.45, 7) is 3.19. The first-order valence-corrected chi connectivity index (χ1v) is 8.09. The highest BCUT2D eigenvalue weighted by atomic mass is 16.5.